The van der Waals surface area contributed by atoms with Crippen molar-refractivity contribution in [3.63, 3.8) is 0 Å². The molecule has 0 aromatic carbocycles. The van der Waals surface area contributed by atoms with E-state index in [1.54, 1.807) is 0 Å². The number of hydrogen-bond acceptors (Lipinski definition) is 6. The van der Waals surface area contributed by atoms with Crippen LogP contribution in [0.5, 0.6) is 0 Å². The second-order valence-electron chi connectivity index (χ2n) is 7.53. The number of hydrogen-bond donors (Lipinski definition) is 5. The molecule has 0 heterocycles. The van der Waals surface area contributed by atoms with E-state index in [1.807, 2.05) is 0 Å². The molecule has 0 saturated heterocycles. The molecular formula is C21H37N3O8. The minimum atomic E-state index is -1.10. The minimum Gasteiger partial charge on any atom is -0.481 e. The lowest BCUT2D eigenvalue weighted by atomic mass is 10.1. The Kier molecular flexibility index (Phi) is 17.4. The van der Waals surface area contributed by atoms with Gasteiger partial charge in [0.15, 0.2) is 0 Å². The quantitative estimate of drug-likeness (QED) is 0.166. The highest BCUT2D eigenvalue weighted by Gasteiger charge is 2.22. The second kappa shape index (κ2) is 19.0. The molecule has 0 aromatic heterocycles. The average molecular weight is 460 g/mol. The van der Waals surface area contributed by atoms with Crippen molar-refractivity contribution in [2.24, 2.45) is 0 Å². The molecule has 0 spiro atoms. The van der Waals surface area contributed by atoms with E-state index in [2.05, 4.69) is 20.7 Å². The minimum absolute atomic E-state index is 0.0994. The molecule has 5 N–H and O–H groups in total. The summed E-state index contributed by atoms with van der Waals surface area (Å²) >= 11 is 0. The van der Waals surface area contributed by atoms with Crippen molar-refractivity contribution >= 4 is 29.7 Å². The number of ether oxygens (including phenoxy) is 1. The highest BCUT2D eigenvalue weighted by atomic mass is 16.5. The third kappa shape index (κ3) is 18.1. The van der Waals surface area contributed by atoms with Crippen molar-refractivity contribution in [1.29, 1.82) is 0 Å². The molecule has 32 heavy (non-hydrogen) atoms. The van der Waals surface area contributed by atoms with E-state index in [1.165, 1.54) is 7.11 Å². The monoisotopic (exact) mass is 459 g/mol. The molecule has 0 bridgehead atoms. The van der Waals surface area contributed by atoms with E-state index < -0.39 is 29.8 Å². The van der Waals surface area contributed by atoms with Crippen molar-refractivity contribution in [3.8, 4) is 0 Å². The molecule has 1 unspecified atom stereocenters. The molecule has 0 aliphatic rings. The van der Waals surface area contributed by atoms with E-state index in [9.17, 15) is 24.0 Å². The van der Waals surface area contributed by atoms with Crippen LogP contribution < -0.4 is 16.0 Å². The van der Waals surface area contributed by atoms with E-state index in [-0.39, 0.29) is 38.3 Å². The zero-order valence-corrected chi connectivity index (χ0v) is 18.8. The zero-order chi connectivity index (χ0) is 24.2. The van der Waals surface area contributed by atoms with Crippen molar-refractivity contribution in [2.45, 2.75) is 76.7 Å². The predicted molar refractivity (Wildman–Crippen MR) is 116 cm³/mol. The summed E-state index contributed by atoms with van der Waals surface area (Å²) in [5.41, 5.74) is 0. The third-order valence-corrected chi connectivity index (χ3v) is 4.64. The Morgan fingerprint density at radius 2 is 1.31 bits per heavy atom. The van der Waals surface area contributed by atoms with Gasteiger partial charge >= 0.3 is 11.9 Å². The summed E-state index contributed by atoms with van der Waals surface area (Å²) in [6.07, 6.45) is 7.46. The Balaban J connectivity index is 3.92. The molecule has 0 saturated carbocycles. The van der Waals surface area contributed by atoms with Gasteiger partial charge in [-0.15, -0.1) is 0 Å². The summed E-state index contributed by atoms with van der Waals surface area (Å²) < 4.78 is 4.67. The second-order valence-corrected chi connectivity index (χ2v) is 7.53. The van der Waals surface area contributed by atoms with E-state index in [4.69, 9.17) is 10.2 Å². The lowest BCUT2D eigenvalue weighted by molar-refractivity contribution is -0.138. The fourth-order valence-corrected chi connectivity index (χ4v) is 2.95. The molecule has 0 fully saturated rings. The van der Waals surface area contributed by atoms with Crippen LogP contribution in [0.2, 0.25) is 0 Å². The van der Waals surface area contributed by atoms with Gasteiger partial charge in [0.1, 0.15) is 12.6 Å². The summed E-state index contributed by atoms with van der Waals surface area (Å²) in [5.74, 6) is -3.40. The summed E-state index contributed by atoms with van der Waals surface area (Å²) in [6, 6.07) is -1.06. The number of rotatable bonds is 20. The Morgan fingerprint density at radius 3 is 1.88 bits per heavy atom. The Labute approximate surface area is 188 Å². The van der Waals surface area contributed by atoms with Crippen molar-refractivity contribution < 1.29 is 38.9 Å². The number of carboxylic acids is 2. The van der Waals surface area contributed by atoms with E-state index in [0.717, 1.165) is 51.4 Å². The number of carboxylic acid groups (broad SMARTS) is 2. The molecule has 0 aliphatic heterocycles. The topological polar surface area (TPSA) is 171 Å². The number of amides is 3. The first-order valence-corrected chi connectivity index (χ1v) is 11.0. The van der Waals surface area contributed by atoms with Crippen LogP contribution in [0, 0.1) is 0 Å². The first kappa shape index (κ1) is 29.3. The summed E-state index contributed by atoms with van der Waals surface area (Å²) in [4.78, 5) is 56.9. The Hall–Kier alpha value is -2.69. The maximum absolute atomic E-state index is 12.2. The largest absolute Gasteiger partial charge is 0.481 e. The van der Waals surface area contributed by atoms with Gasteiger partial charge < -0.3 is 30.9 Å². The lowest BCUT2D eigenvalue weighted by Crippen LogP contribution is -2.50. The molecule has 1 atom stereocenters. The number of unbranched alkanes of at least 4 members (excludes halogenated alkanes) is 7. The number of carbonyl (C=O) groups is 5. The van der Waals surface area contributed by atoms with Gasteiger partial charge in [-0.2, -0.15) is 0 Å². The fraction of sp³-hybridized carbons (Fsp3) is 0.762. The molecular weight excluding hydrogens is 422 g/mol. The first-order valence-electron chi connectivity index (χ1n) is 11.0. The number of nitrogens with one attached hydrogen (secondary N) is 3. The van der Waals surface area contributed by atoms with Gasteiger partial charge in [-0.25, -0.2) is 0 Å². The maximum atomic E-state index is 12.2. The van der Waals surface area contributed by atoms with Crippen molar-refractivity contribution in [2.75, 3.05) is 26.8 Å². The molecule has 3 amide bonds. The summed E-state index contributed by atoms with van der Waals surface area (Å²) in [5, 5.41) is 24.9. The zero-order valence-electron chi connectivity index (χ0n) is 18.8. The molecule has 0 aliphatic carbocycles. The lowest BCUT2D eigenvalue weighted by Gasteiger charge is -2.17. The molecule has 11 nitrogen and oxygen atoms in total. The Morgan fingerprint density at radius 1 is 0.750 bits per heavy atom. The third-order valence-electron chi connectivity index (χ3n) is 4.64. The van der Waals surface area contributed by atoms with Crippen molar-refractivity contribution in [1.82, 2.24) is 16.0 Å². The summed E-state index contributed by atoms with van der Waals surface area (Å²) in [6.45, 7) is -0.0404. The van der Waals surface area contributed by atoms with E-state index >= 15 is 0 Å². The van der Waals surface area contributed by atoms with Crippen LogP contribution in [0.3, 0.4) is 0 Å². The normalized spacial score (nSPS) is 11.4. The van der Waals surface area contributed by atoms with Crippen LogP contribution >= 0.6 is 0 Å². The van der Waals surface area contributed by atoms with Gasteiger partial charge in [-0.3, -0.25) is 24.0 Å². The van der Waals surface area contributed by atoms with E-state index in [0.29, 0.717) is 6.54 Å². The molecule has 0 radical (unpaired) electrons. The van der Waals surface area contributed by atoms with Crippen LogP contribution in [-0.4, -0.2) is 72.7 Å². The predicted octanol–water partition coefficient (Wildman–Crippen LogP) is 0.810. The number of carbonyl (C=O) groups excluding carboxylic acids is 3. The summed E-state index contributed by atoms with van der Waals surface area (Å²) in [7, 11) is 1.32. The van der Waals surface area contributed by atoms with Crippen LogP contribution in [0.4, 0.5) is 0 Å². The van der Waals surface area contributed by atoms with Gasteiger partial charge in [0.2, 0.25) is 17.7 Å². The number of methoxy groups -OCH3 is 1. The molecule has 184 valence electrons. The van der Waals surface area contributed by atoms with Gasteiger partial charge in [0.05, 0.1) is 6.54 Å². The van der Waals surface area contributed by atoms with Gasteiger partial charge in [-0.05, 0) is 19.3 Å². The Bertz CT molecular complexity index is 598. The molecule has 0 aromatic rings. The van der Waals surface area contributed by atoms with Crippen molar-refractivity contribution in [3.05, 3.63) is 0 Å². The van der Waals surface area contributed by atoms with Gasteiger partial charge in [-0.1, -0.05) is 38.5 Å². The fourth-order valence-electron chi connectivity index (χ4n) is 2.95. The highest BCUT2D eigenvalue weighted by molar-refractivity contribution is 5.91. The highest BCUT2D eigenvalue weighted by Crippen LogP contribution is 2.09. The van der Waals surface area contributed by atoms with Crippen LogP contribution in [0.25, 0.3) is 0 Å². The maximum Gasteiger partial charge on any atom is 0.303 e. The van der Waals surface area contributed by atoms with Crippen LogP contribution in [0.1, 0.15) is 70.6 Å². The smallest absolute Gasteiger partial charge is 0.303 e. The molecule has 0 rings (SSSR count). The average Bonchev–Trinajstić information content (AvgIpc) is 2.73. The van der Waals surface area contributed by atoms with Crippen LogP contribution in [0.15, 0.2) is 0 Å². The first-order chi connectivity index (χ1) is 15.3. The number of aliphatic carboxylic acids is 2. The SMILES string of the molecule is COCC(=O)NC(CCC(=O)O)C(=O)NCC(=O)NCCCCCCCCCCC(=O)O. The van der Waals surface area contributed by atoms with Gasteiger partial charge in [0, 0.05) is 26.5 Å². The van der Waals surface area contributed by atoms with Gasteiger partial charge in [0.25, 0.3) is 0 Å². The van der Waals surface area contributed by atoms with Crippen LogP contribution in [-0.2, 0) is 28.7 Å². The standard InChI is InChI=1S/C21H37N3O8/c1-32-15-18(26)24-16(11-12-20(29)30)21(31)23-14-17(25)22-13-9-7-5-3-2-4-6-8-10-19(27)28/h16H,2-15H2,1H3,(H,22,25)(H,23,31)(H,24,26)(H,27,28)(H,29,30). The molecule has 11 heteroatoms.